The SMILES string of the molecule is CCS(=O)(=O)Nc1ccc(C2=NN(C(C)=O)[C@H](c3cccc(C)c3)C2)cc1. The molecule has 1 N–H and O–H groups in total. The van der Waals surface area contributed by atoms with E-state index in [1.165, 1.54) is 11.9 Å². The molecular formula is C20H23N3O3S. The molecule has 142 valence electrons. The van der Waals surface area contributed by atoms with Gasteiger partial charge in [0.05, 0.1) is 17.5 Å². The van der Waals surface area contributed by atoms with Crippen molar-refractivity contribution in [3.05, 3.63) is 65.2 Å². The van der Waals surface area contributed by atoms with Crippen LogP contribution >= 0.6 is 0 Å². The summed E-state index contributed by atoms with van der Waals surface area (Å²) in [5.74, 6) is -0.0865. The number of amides is 1. The van der Waals surface area contributed by atoms with Gasteiger partial charge in [0, 0.05) is 19.0 Å². The number of hydrazone groups is 1. The molecule has 0 aromatic heterocycles. The number of hydrogen-bond donors (Lipinski definition) is 1. The molecule has 1 amide bonds. The van der Waals surface area contributed by atoms with Gasteiger partial charge in [0.2, 0.25) is 15.9 Å². The Balaban J connectivity index is 1.84. The molecule has 3 rings (SSSR count). The van der Waals surface area contributed by atoms with Gasteiger partial charge in [-0.3, -0.25) is 9.52 Å². The van der Waals surface area contributed by atoms with Crippen molar-refractivity contribution in [1.82, 2.24) is 5.01 Å². The largest absolute Gasteiger partial charge is 0.284 e. The quantitative estimate of drug-likeness (QED) is 0.856. The maximum Gasteiger partial charge on any atom is 0.240 e. The molecule has 0 bridgehead atoms. The Morgan fingerprint density at radius 1 is 1.22 bits per heavy atom. The van der Waals surface area contributed by atoms with E-state index in [-0.39, 0.29) is 17.7 Å². The number of carbonyl (C=O) groups is 1. The summed E-state index contributed by atoms with van der Waals surface area (Å²) in [6.07, 6.45) is 0.614. The van der Waals surface area contributed by atoms with Crippen molar-refractivity contribution in [2.45, 2.75) is 33.2 Å². The third-order valence-corrected chi connectivity index (χ3v) is 5.84. The number of anilines is 1. The molecule has 27 heavy (non-hydrogen) atoms. The molecule has 7 heteroatoms. The monoisotopic (exact) mass is 385 g/mol. The normalized spacial score (nSPS) is 16.9. The maximum absolute atomic E-state index is 12.1. The van der Waals surface area contributed by atoms with Crippen molar-refractivity contribution >= 4 is 27.3 Å². The number of nitrogens with one attached hydrogen (secondary N) is 1. The van der Waals surface area contributed by atoms with Crippen LogP contribution < -0.4 is 4.72 Å². The lowest BCUT2D eigenvalue weighted by Crippen LogP contribution is -2.24. The molecule has 0 spiro atoms. The van der Waals surface area contributed by atoms with Crippen LogP contribution in [0.3, 0.4) is 0 Å². The van der Waals surface area contributed by atoms with Crippen molar-refractivity contribution in [3.8, 4) is 0 Å². The molecule has 0 unspecified atom stereocenters. The highest BCUT2D eigenvalue weighted by Gasteiger charge is 2.31. The minimum absolute atomic E-state index is 0.0210. The molecular weight excluding hydrogens is 362 g/mol. The third-order valence-electron chi connectivity index (χ3n) is 4.53. The van der Waals surface area contributed by atoms with E-state index >= 15 is 0 Å². The van der Waals surface area contributed by atoms with Crippen LogP contribution in [0.5, 0.6) is 0 Å². The van der Waals surface area contributed by atoms with Crippen molar-refractivity contribution < 1.29 is 13.2 Å². The van der Waals surface area contributed by atoms with Gasteiger partial charge in [-0.05, 0) is 37.1 Å². The Morgan fingerprint density at radius 2 is 1.93 bits per heavy atom. The second kappa shape index (κ2) is 7.52. The number of aryl methyl sites for hydroxylation is 1. The highest BCUT2D eigenvalue weighted by molar-refractivity contribution is 7.92. The Bertz CT molecular complexity index is 982. The molecule has 1 aliphatic rings. The van der Waals surface area contributed by atoms with Crippen molar-refractivity contribution in [2.24, 2.45) is 5.10 Å². The number of nitrogens with zero attached hydrogens (tertiary/aromatic N) is 2. The Kier molecular flexibility index (Phi) is 5.32. The number of rotatable bonds is 5. The van der Waals surface area contributed by atoms with E-state index in [1.54, 1.807) is 19.1 Å². The predicted octanol–water partition coefficient (Wildman–Crippen LogP) is 3.45. The third kappa shape index (κ3) is 4.36. The first-order chi connectivity index (χ1) is 12.8. The highest BCUT2D eigenvalue weighted by atomic mass is 32.2. The first-order valence-electron chi connectivity index (χ1n) is 8.84. The van der Waals surface area contributed by atoms with E-state index < -0.39 is 10.0 Å². The molecule has 0 radical (unpaired) electrons. The number of carbonyl (C=O) groups excluding carboxylic acids is 1. The van der Waals surface area contributed by atoms with E-state index in [0.717, 1.165) is 22.4 Å². The van der Waals surface area contributed by atoms with Crippen molar-refractivity contribution in [3.63, 3.8) is 0 Å². The van der Waals surface area contributed by atoms with Crippen molar-refractivity contribution in [1.29, 1.82) is 0 Å². The molecule has 1 heterocycles. The first-order valence-corrected chi connectivity index (χ1v) is 10.5. The molecule has 0 aliphatic carbocycles. The molecule has 1 atom stereocenters. The second-order valence-electron chi connectivity index (χ2n) is 6.63. The van der Waals surface area contributed by atoms with E-state index in [9.17, 15) is 13.2 Å². The van der Waals surface area contributed by atoms with Gasteiger partial charge in [0.1, 0.15) is 0 Å². The van der Waals surface area contributed by atoms with Crippen LogP contribution in [0.1, 0.15) is 43.0 Å². The fourth-order valence-corrected chi connectivity index (χ4v) is 3.73. The van der Waals surface area contributed by atoms with Crippen LogP contribution in [0.15, 0.2) is 53.6 Å². The molecule has 2 aromatic carbocycles. The fourth-order valence-electron chi connectivity index (χ4n) is 3.09. The Labute approximate surface area is 159 Å². The summed E-state index contributed by atoms with van der Waals surface area (Å²) in [5.41, 5.74) is 4.38. The topological polar surface area (TPSA) is 78.8 Å². The number of sulfonamides is 1. The standard InChI is InChI=1S/C20H23N3O3S/c1-4-27(25,26)22-18-10-8-16(9-11-18)19-13-20(23(21-19)15(3)24)17-7-5-6-14(2)12-17/h5-12,20,22H,4,13H2,1-3H3/t20-/m0/s1. The number of hydrogen-bond acceptors (Lipinski definition) is 4. The Morgan fingerprint density at radius 3 is 2.52 bits per heavy atom. The lowest BCUT2D eigenvalue weighted by molar-refractivity contribution is -0.130. The zero-order valence-corrected chi connectivity index (χ0v) is 16.5. The van der Waals surface area contributed by atoms with Crippen LogP contribution in [-0.2, 0) is 14.8 Å². The van der Waals surface area contributed by atoms with Crippen LogP contribution in [0, 0.1) is 6.92 Å². The van der Waals surface area contributed by atoms with Crippen molar-refractivity contribution in [2.75, 3.05) is 10.5 Å². The van der Waals surface area contributed by atoms with Gasteiger partial charge in [-0.2, -0.15) is 5.10 Å². The minimum Gasteiger partial charge on any atom is -0.284 e. The van der Waals surface area contributed by atoms with Crippen LogP contribution in [-0.4, -0.2) is 30.8 Å². The molecule has 0 saturated heterocycles. The predicted molar refractivity (Wildman–Crippen MR) is 107 cm³/mol. The summed E-state index contributed by atoms with van der Waals surface area (Å²) in [7, 11) is -3.31. The molecule has 0 saturated carbocycles. The van der Waals surface area contributed by atoms with Gasteiger partial charge in [-0.25, -0.2) is 13.4 Å². The van der Waals surface area contributed by atoms with E-state index in [4.69, 9.17) is 0 Å². The second-order valence-corrected chi connectivity index (χ2v) is 8.64. The average molecular weight is 385 g/mol. The van der Waals surface area contributed by atoms with Crippen LogP contribution in [0.4, 0.5) is 5.69 Å². The maximum atomic E-state index is 12.1. The van der Waals surface area contributed by atoms with Gasteiger partial charge in [0.25, 0.3) is 0 Å². The highest BCUT2D eigenvalue weighted by Crippen LogP contribution is 2.33. The van der Waals surface area contributed by atoms with Crippen LogP contribution in [0.25, 0.3) is 0 Å². The summed E-state index contributed by atoms with van der Waals surface area (Å²) in [5, 5.41) is 6.05. The Hall–Kier alpha value is -2.67. The summed E-state index contributed by atoms with van der Waals surface area (Å²) >= 11 is 0. The minimum atomic E-state index is -3.31. The zero-order chi connectivity index (χ0) is 19.6. The van der Waals surface area contributed by atoms with Gasteiger partial charge in [-0.15, -0.1) is 0 Å². The molecule has 0 fully saturated rings. The van der Waals surface area contributed by atoms with E-state index in [0.29, 0.717) is 12.1 Å². The molecule has 2 aromatic rings. The van der Waals surface area contributed by atoms with Gasteiger partial charge in [-0.1, -0.05) is 42.0 Å². The lowest BCUT2D eigenvalue weighted by atomic mass is 9.97. The molecule has 6 nitrogen and oxygen atoms in total. The molecule has 1 aliphatic heterocycles. The average Bonchev–Trinajstić information content (AvgIpc) is 3.08. The summed E-state index contributed by atoms with van der Waals surface area (Å²) in [6.45, 7) is 5.12. The fraction of sp³-hybridized carbons (Fsp3) is 0.300. The van der Waals surface area contributed by atoms with Gasteiger partial charge in [0.15, 0.2) is 0 Å². The first kappa shape index (κ1) is 19.1. The summed E-state index contributed by atoms with van der Waals surface area (Å²) in [4.78, 5) is 12.1. The van der Waals surface area contributed by atoms with Gasteiger partial charge < -0.3 is 0 Å². The zero-order valence-electron chi connectivity index (χ0n) is 15.6. The van der Waals surface area contributed by atoms with E-state index in [1.807, 2.05) is 37.3 Å². The lowest BCUT2D eigenvalue weighted by Gasteiger charge is -2.20. The summed E-state index contributed by atoms with van der Waals surface area (Å²) < 4.78 is 25.9. The van der Waals surface area contributed by atoms with E-state index in [2.05, 4.69) is 15.9 Å². The van der Waals surface area contributed by atoms with Gasteiger partial charge >= 0.3 is 0 Å². The smallest absolute Gasteiger partial charge is 0.240 e. The number of benzene rings is 2. The summed E-state index contributed by atoms with van der Waals surface area (Å²) in [6, 6.07) is 15.0. The van der Waals surface area contributed by atoms with Crippen LogP contribution in [0.2, 0.25) is 0 Å².